The van der Waals surface area contributed by atoms with Crippen LogP contribution in [0, 0.1) is 0 Å². The van der Waals surface area contributed by atoms with Crippen molar-refractivity contribution in [2.75, 3.05) is 0 Å². The minimum absolute atomic E-state index is 0.0326. The SMILES string of the molecule is CC/C=C\C/C=C\C/C=C\C/C=C\CCCCC(=O)OC(CCCCCCCC)CCCCCCCCC(=O)O. The van der Waals surface area contributed by atoms with E-state index in [0.29, 0.717) is 6.42 Å². The van der Waals surface area contributed by atoms with E-state index in [1.165, 1.54) is 32.1 Å². The van der Waals surface area contributed by atoms with Crippen molar-refractivity contribution in [1.82, 2.24) is 0 Å². The Morgan fingerprint density at radius 3 is 1.60 bits per heavy atom. The third kappa shape index (κ3) is 30.4. The van der Waals surface area contributed by atoms with E-state index in [-0.39, 0.29) is 18.5 Å². The minimum atomic E-state index is -0.700. The largest absolute Gasteiger partial charge is 0.481 e. The molecule has 0 rings (SSSR count). The summed E-state index contributed by atoms with van der Waals surface area (Å²) in [6, 6.07) is 0. The highest BCUT2D eigenvalue weighted by Gasteiger charge is 2.14. The highest BCUT2D eigenvalue weighted by molar-refractivity contribution is 5.69. The first-order valence-corrected chi connectivity index (χ1v) is 16.6. The van der Waals surface area contributed by atoms with Crippen molar-refractivity contribution >= 4 is 11.9 Å². The van der Waals surface area contributed by atoms with E-state index in [1.54, 1.807) is 0 Å². The lowest BCUT2D eigenvalue weighted by atomic mass is 10.0. The molecule has 4 heteroatoms. The molecule has 0 radical (unpaired) electrons. The van der Waals surface area contributed by atoms with E-state index < -0.39 is 5.97 Å². The van der Waals surface area contributed by atoms with Crippen LogP contribution in [-0.4, -0.2) is 23.1 Å². The van der Waals surface area contributed by atoms with Crippen LogP contribution >= 0.6 is 0 Å². The van der Waals surface area contributed by atoms with Crippen LogP contribution in [0.5, 0.6) is 0 Å². The fourth-order valence-electron chi connectivity index (χ4n) is 4.64. The van der Waals surface area contributed by atoms with Crippen molar-refractivity contribution < 1.29 is 19.4 Å². The molecular formula is C36H62O4. The van der Waals surface area contributed by atoms with Gasteiger partial charge in [-0.3, -0.25) is 9.59 Å². The second kappa shape index (κ2) is 31.4. The quantitative estimate of drug-likeness (QED) is 0.0563. The van der Waals surface area contributed by atoms with Crippen molar-refractivity contribution in [3.63, 3.8) is 0 Å². The Kier molecular flexibility index (Phi) is 29.8. The molecule has 0 aromatic rings. The summed E-state index contributed by atoms with van der Waals surface area (Å²) in [7, 11) is 0. The van der Waals surface area contributed by atoms with Crippen LogP contribution in [0.2, 0.25) is 0 Å². The minimum Gasteiger partial charge on any atom is -0.481 e. The molecule has 0 aromatic heterocycles. The summed E-state index contributed by atoms with van der Waals surface area (Å²) in [6.07, 6.45) is 41.2. The van der Waals surface area contributed by atoms with Crippen LogP contribution in [0.4, 0.5) is 0 Å². The van der Waals surface area contributed by atoms with Gasteiger partial charge in [-0.1, -0.05) is 120 Å². The van der Waals surface area contributed by atoms with Crippen LogP contribution in [-0.2, 0) is 14.3 Å². The van der Waals surface area contributed by atoms with Crippen LogP contribution in [0.3, 0.4) is 0 Å². The average Bonchev–Trinajstić information content (AvgIpc) is 2.93. The Labute approximate surface area is 247 Å². The van der Waals surface area contributed by atoms with Gasteiger partial charge in [0.25, 0.3) is 0 Å². The predicted molar refractivity (Wildman–Crippen MR) is 172 cm³/mol. The molecule has 230 valence electrons. The Morgan fingerprint density at radius 2 is 1.05 bits per heavy atom. The van der Waals surface area contributed by atoms with Crippen molar-refractivity contribution in [3.05, 3.63) is 48.6 Å². The van der Waals surface area contributed by atoms with E-state index in [2.05, 4.69) is 62.5 Å². The molecule has 1 atom stereocenters. The summed E-state index contributed by atoms with van der Waals surface area (Å²) in [5, 5.41) is 8.73. The smallest absolute Gasteiger partial charge is 0.306 e. The molecule has 0 saturated heterocycles. The van der Waals surface area contributed by atoms with Gasteiger partial charge in [0.15, 0.2) is 0 Å². The summed E-state index contributed by atoms with van der Waals surface area (Å²) in [4.78, 5) is 23.1. The highest BCUT2D eigenvalue weighted by Crippen LogP contribution is 2.18. The topological polar surface area (TPSA) is 63.6 Å². The molecule has 4 nitrogen and oxygen atoms in total. The molecule has 0 saturated carbocycles. The molecule has 40 heavy (non-hydrogen) atoms. The monoisotopic (exact) mass is 558 g/mol. The number of esters is 1. The van der Waals surface area contributed by atoms with Gasteiger partial charge in [0.1, 0.15) is 6.10 Å². The molecule has 0 aliphatic heterocycles. The van der Waals surface area contributed by atoms with Gasteiger partial charge in [-0.05, 0) is 77.0 Å². The molecule has 0 spiro atoms. The molecular weight excluding hydrogens is 496 g/mol. The van der Waals surface area contributed by atoms with Crippen molar-refractivity contribution in [2.24, 2.45) is 0 Å². The van der Waals surface area contributed by atoms with Gasteiger partial charge in [-0.2, -0.15) is 0 Å². The zero-order valence-corrected chi connectivity index (χ0v) is 26.1. The molecule has 1 unspecified atom stereocenters. The molecule has 0 heterocycles. The first kappa shape index (κ1) is 37.9. The number of carbonyl (C=O) groups is 2. The third-order valence-corrected chi connectivity index (χ3v) is 7.07. The van der Waals surface area contributed by atoms with Crippen molar-refractivity contribution in [3.8, 4) is 0 Å². The fraction of sp³-hybridized carbons (Fsp3) is 0.722. The second-order valence-electron chi connectivity index (χ2n) is 11.0. The lowest BCUT2D eigenvalue weighted by molar-refractivity contribution is -0.150. The van der Waals surface area contributed by atoms with Gasteiger partial charge in [0.2, 0.25) is 0 Å². The maximum atomic E-state index is 12.5. The first-order chi connectivity index (χ1) is 19.6. The average molecular weight is 559 g/mol. The summed E-state index contributed by atoms with van der Waals surface area (Å²) in [6.45, 7) is 4.39. The van der Waals surface area contributed by atoms with E-state index in [4.69, 9.17) is 9.84 Å². The summed E-state index contributed by atoms with van der Waals surface area (Å²) >= 11 is 0. The maximum Gasteiger partial charge on any atom is 0.306 e. The number of allylic oxidation sites excluding steroid dienone is 8. The number of aliphatic carboxylic acids is 1. The molecule has 1 N–H and O–H groups in total. The molecule has 0 bridgehead atoms. The third-order valence-electron chi connectivity index (χ3n) is 7.07. The molecule has 0 aromatic carbocycles. The number of carboxylic acids is 1. The van der Waals surface area contributed by atoms with Crippen LogP contribution in [0.1, 0.15) is 162 Å². The number of ether oxygens (including phenoxy) is 1. The summed E-state index contributed by atoms with van der Waals surface area (Å²) in [5.41, 5.74) is 0. The second-order valence-corrected chi connectivity index (χ2v) is 11.0. The van der Waals surface area contributed by atoms with Gasteiger partial charge >= 0.3 is 11.9 Å². The zero-order chi connectivity index (χ0) is 29.4. The van der Waals surface area contributed by atoms with Crippen LogP contribution in [0.15, 0.2) is 48.6 Å². The maximum absolute atomic E-state index is 12.5. The van der Waals surface area contributed by atoms with Gasteiger partial charge in [-0.25, -0.2) is 0 Å². The van der Waals surface area contributed by atoms with Gasteiger partial charge in [0.05, 0.1) is 0 Å². The van der Waals surface area contributed by atoms with Crippen molar-refractivity contribution in [1.29, 1.82) is 0 Å². The fourth-order valence-corrected chi connectivity index (χ4v) is 4.64. The number of rotatable bonds is 29. The Bertz CT molecular complexity index is 689. The zero-order valence-electron chi connectivity index (χ0n) is 26.1. The number of hydrogen-bond acceptors (Lipinski definition) is 3. The van der Waals surface area contributed by atoms with E-state index in [1.807, 2.05) is 0 Å². The van der Waals surface area contributed by atoms with Gasteiger partial charge in [0, 0.05) is 12.8 Å². The van der Waals surface area contributed by atoms with Crippen LogP contribution in [0.25, 0.3) is 0 Å². The highest BCUT2D eigenvalue weighted by atomic mass is 16.5. The van der Waals surface area contributed by atoms with Gasteiger partial charge in [-0.15, -0.1) is 0 Å². The molecule has 0 aliphatic carbocycles. The number of carbonyl (C=O) groups excluding carboxylic acids is 1. The van der Waals surface area contributed by atoms with E-state index in [9.17, 15) is 9.59 Å². The number of unbranched alkanes of at least 4 members (excludes halogenated alkanes) is 12. The molecule has 0 aliphatic rings. The summed E-state index contributed by atoms with van der Waals surface area (Å²) in [5.74, 6) is -0.733. The van der Waals surface area contributed by atoms with Gasteiger partial charge < -0.3 is 9.84 Å². The lowest BCUT2D eigenvalue weighted by Gasteiger charge is -2.18. The van der Waals surface area contributed by atoms with Crippen LogP contribution < -0.4 is 0 Å². The van der Waals surface area contributed by atoms with E-state index in [0.717, 1.165) is 103 Å². The first-order valence-electron chi connectivity index (χ1n) is 16.6. The lowest BCUT2D eigenvalue weighted by Crippen LogP contribution is -2.18. The number of carboxylic acid groups (broad SMARTS) is 1. The Balaban J connectivity index is 4.08. The Morgan fingerprint density at radius 1 is 0.575 bits per heavy atom. The standard InChI is InChI=1S/C36H62O4/c1-3-5-7-9-11-12-13-14-15-16-17-18-19-25-29-33-36(39)40-34(30-26-22-10-8-6-4-2)31-27-23-20-21-24-28-32-35(37)38/h5,7,11-12,14-15,17-18,34H,3-4,6,8-10,13,16,19-33H2,1-2H3,(H,37,38)/b7-5-,12-11-,15-14-,18-17-. The van der Waals surface area contributed by atoms with Crippen molar-refractivity contribution in [2.45, 2.75) is 168 Å². The Hall–Kier alpha value is -2.10. The predicted octanol–water partition coefficient (Wildman–Crippen LogP) is 11.2. The molecule has 0 amide bonds. The molecule has 0 fully saturated rings. The number of hydrogen-bond donors (Lipinski definition) is 1. The summed E-state index contributed by atoms with van der Waals surface area (Å²) < 4.78 is 5.93. The normalized spacial score (nSPS) is 12.8. The van der Waals surface area contributed by atoms with E-state index >= 15 is 0 Å².